The van der Waals surface area contributed by atoms with Gasteiger partial charge in [-0.2, -0.15) is 0 Å². The minimum atomic E-state index is -2.35. The lowest BCUT2D eigenvalue weighted by Crippen LogP contribution is -2.39. The van der Waals surface area contributed by atoms with Crippen LogP contribution in [-0.4, -0.2) is 36.4 Å². The van der Waals surface area contributed by atoms with Crippen LogP contribution in [0.3, 0.4) is 0 Å². The van der Waals surface area contributed by atoms with Gasteiger partial charge in [-0.15, -0.1) is 0 Å². The van der Waals surface area contributed by atoms with E-state index in [0.717, 1.165) is 12.6 Å². The first kappa shape index (κ1) is 13.4. The van der Waals surface area contributed by atoms with Gasteiger partial charge in [0.25, 0.3) is 0 Å². The van der Waals surface area contributed by atoms with Crippen molar-refractivity contribution in [3.63, 3.8) is 0 Å². The molecule has 0 fully saturated rings. The van der Waals surface area contributed by atoms with Gasteiger partial charge in [-0.05, 0) is 24.6 Å². The first-order valence-corrected chi connectivity index (χ1v) is 5.14. The molecule has 1 aromatic carbocycles. The second kappa shape index (κ2) is 4.71. The Labute approximate surface area is 99.3 Å². The van der Waals surface area contributed by atoms with Gasteiger partial charge < -0.3 is 15.1 Å². The first-order chi connectivity index (χ1) is 7.76. The summed E-state index contributed by atoms with van der Waals surface area (Å²) in [6.07, 6.45) is -2.35. The lowest BCUT2D eigenvalue weighted by Gasteiger charge is -2.25. The lowest BCUT2D eigenvalue weighted by molar-refractivity contribution is -0.153. The fraction of sp³-hybridized carbons (Fsp3) is 0.417. The smallest absolute Gasteiger partial charge is 0.341 e. The number of halogens is 1. The number of aliphatic hydroxyl groups is 1. The fourth-order valence-electron chi connectivity index (χ4n) is 1.48. The van der Waals surface area contributed by atoms with Crippen LogP contribution in [0.4, 0.5) is 10.1 Å². The molecule has 2 atom stereocenters. The maximum atomic E-state index is 13.4. The van der Waals surface area contributed by atoms with E-state index in [-0.39, 0.29) is 5.56 Å². The molecule has 1 rings (SSSR count). The standard InChI is InChI=1S/C12H16FNO3/c1-12(17,10(13)11(15)16)8-4-6-9(7-5-8)14(2)3/h4-7,10,17H,1-3H3,(H,15,16). The topological polar surface area (TPSA) is 60.8 Å². The second-order valence-corrected chi connectivity index (χ2v) is 4.29. The molecule has 4 nitrogen and oxygen atoms in total. The van der Waals surface area contributed by atoms with E-state index in [4.69, 9.17) is 5.11 Å². The summed E-state index contributed by atoms with van der Waals surface area (Å²) in [4.78, 5) is 12.4. The Kier molecular flexibility index (Phi) is 3.72. The van der Waals surface area contributed by atoms with E-state index in [1.165, 1.54) is 12.1 Å². The van der Waals surface area contributed by atoms with Crippen molar-refractivity contribution in [3.05, 3.63) is 29.8 Å². The Hall–Kier alpha value is -1.62. The molecule has 0 heterocycles. The lowest BCUT2D eigenvalue weighted by atomic mass is 9.91. The first-order valence-electron chi connectivity index (χ1n) is 5.14. The highest BCUT2D eigenvalue weighted by atomic mass is 19.1. The molecule has 2 N–H and O–H groups in total. The third-order valence-corrected chi connectivity index (χ3v) is 2.68. The highest BCUT2D eigenvalue weighted by Crippen LogP contribution is 2.28. The average Bonchev–Trinajstić information content (AvgIpc) is 2.27. The Morgan fingerprint density at radius 2 is 1.82 bits per heavy atom. The van der Waals surface area contributed by atoms with Crippen molar-refractivity contribution in [2.75, 3.05) is 19.0 Å². The number of carbonyl (C=O) groups is 1. The molecular weight excluding hydrogens is 225 g/mol. The van der Waals surface area contributed by atoms with E-state index in [2.05, 4.69) is 0 Å². The van der Waals surface area contributed by atoms with Crippen molar-refractivity contribution in [3.8, 4) is 0 Å². The molecule has 0 aromatic heterocycles. The summed E-state index contributed by atoms with van der Waals surface area (Å²) < 4.78 is 13.4. The zero-order valence-corrected chi connectivity index (χ0v) is 10.0. The van der Waals surface area contributed by atoms with Crippen molar-refractivity contribution in [2.45, 2.75) is 18.7 Å². The maximum Gasteiger partial charge on any atom is 0.341 e. The van der Waals surface area contributed by atoms with Crippen molar-refractivity contribution < 1.29 is 19.4 Å². The van der Waals surface area contributed by atoms with Crippen LogP contribution in [0.2, 0.25) is 0 Å². The molecule has 2 unspecified atom stereocenters. The predicted molar refractivity (Wildman–Crippen MR) is 62.9 cm³/mol. The normalized spacial score (nSPS) is 16.1. The van der Waals surface area contributed by atoms with Crippen molar-refractivity contribution in [1.29, 1.82) is 0 Å². The van der Waals surface area contributed by atoms with Crippen LogP contribution < -0.4 is 4.90 Å². The van der Waals surface area contributed by atoms with Crippen LogP contribution in [0.25, 0.3) is 0 Å². The van der Waals surface area contributed by atoms with E-state index in [9.17, 15) is 14.3 Å². The minimum Gasteiger partial charge on any atom is -0.479 e. The van der Waals surface area contributed by atoms with E-state index in [1.54, 1.807) is 12.1 Å². The van der Waals surface area contributed by atoms with Crippen LogP contribution in [0.5, 0.6) is 0 Å². The van der Waals surface area contributed by atoms with Crippen LogP contribution in [0.1, 0.15) is 12.5 Å². The second-order valence-electron chi connectivity index (χ2n) is 4.29. The van der Waals surface area contributed by atoms with E-state index < -0.39 is 17.7 Å². The number of hydrogen-bond acceptors (Lipinski definition) is 3. The Morgan fingerprint density at radius 1 is 1.35 bits per heavy atom. The van der Waals surface area contributed by atoms with Gasteiger partial charge in [-0.25, -0.2) is 9.18 Å². The summed E-state index contributed by atoms with van der Waals surface area (Å²) >= 11 is 0. The zero-order valence-electron chi connectivity index (χ0n) is 10.0. The van der Waals surface area contributed by atoms with Gasteiger partial charge >= 0.3 is 5.97 Å². The number of nitrogens with zero attached hydrogens (tertiary/aromatic N) is 1. The van der Waals surface area contributed by atoms with Gasteiger partial charge in [0.05, 0.1) is 0 Å². The predicted octanol–water partition coefficient (Wildman–Crippen LogP) is 1.38. The fourth-order valence-corrected chi connectivity index (χ4v) is 1.48. The van der Waals surface area contributed by atoms with E-state index in [1.807, 2.05) is 19.0 Å². The third-order valence-electron chi connectivity index (χ3n) is 2.68. The van der Waals surface area contributed by atoms with Crippen LogP contribution in [-0.2, 0) is 10.4 Å². The summed E-state index contributed by atoms with van der Waals surface area (Å²) in [7, 11) is 3.70. The quantitative estimate of drug-likeness (QED) is 0.836. The number of hydrogen-bond donors (Lipinski definition) is 2. The number of carboxylic acids is 1. The molecular formula is C12H16FNO3. The SMILES string of the molecule is CN(C)c1ccc(C(C)(O)C(F)C(=O)O)cc1. The molecule has 0 radical (unpaired) electrons. The molecule has 0 aliphatic heterocycles. The molecule has 1 aromatic rings. The monoisotopic (exact) mass is 241 g/mol. The number of alkyl halides is 1. The third kappa shape index (κ3) is 2.74. The van der Waals surface area contributed by atoms with Crippen molar-refractivity contribution in [1.82, 2.24) is 0 Å². The van der Waals surface area contributed by atoms with Gasteiger partial charge in [0, 0.05) is 19.8 Å². The molecule has 0 amide bonds. The molecule has 0 aliphatic rings. The summed E-state index contributed by atoms with van der Waals surface area (Å²) in [6, 6.07) is 6.42. The molecule has 0 saturated carbocycles. The number of aliphatic carboxylic acids is 1. The highest BCUT2D eigenvalue weighted by Gasteiger charge is 2.39. The Morgan fingerprint density at radius 3 is 2.18 bits per heavy atom. The molecule has 0 spiro atoms. The van der Waals surface area contributed by atoms with Gasteiger partial charge in [0.15, 0.2) is 0 Å². The number of rotatable bonds is 4. The number of carboxylic acid groups (broad SMARTS) is 1. The largest absolute Gasteiger partial charge is 0.479 e. The van der Waals surface area contributed by atoms with Gasteiger partial charge in [-0.3, -0.25) is 0 Å². The van der Waals surface area contributed by atoms with Gasteiger partial charge in [-0.1, -0.05) is 12.1 Å². The minimum absolute atomic E-state index is 0.234. The molecule has 0 bridgehead atoms. The van der Waals surface area contributed by atoms with Crippen LogP contribution in [0, 0.1) is 0 Å². The average molecular weight is 241 g/mol. The van der Waals surface area contributed by atoms with Crippen molar-refractivity contribution in [2.24, 2.45) is 0 Å². The summed E-state index contributed by atoms with van der Waals surface area (Å²) in [5.74, 6) is -1.67. The van der Waals surface area contributed by atoms with E-state index in [0.29, 0.717) is 0 Å². The highest BCUT2D eigenvalue weighted by molar-refractivity contribution is 5.74. The van der Waals surface area contributed by atoms with E-state index >= 15 is 0 Å². The summed E-state index contributed by atoms with van der Waals surface area (Å²) in [6.45, 7) is 1.15. The molecule has 0 saturated heterocycles. The maximum absolute atomic E-state index is 13.4. The molecule has 5 heteroatoms. The number of anilines is 1. The molecule has 17 heavy (non-hydrogen) atoms. The van der Waals surface area contributed by atoms with Crippen LogP contribution in [0.15, 0.2) is 24.3 Å². The van der Waals surface area contributed by atoms with Crippen LogP contribution >= 0.6 is 0 Å². The molecule has 94 valence electrons. The summed E-state index contributed by atoms with van der Waals surface area (Å²) in [5, 5.41) is 18.5. The Bertz CT molecular complexity index is 401. The molecule has 0 aliphatic carbocycles. The zero-order chi connectivity index (χ0) is 13.2. The van der Waals surface area contributed by atoms with Gasteiger partial charge in [0.2, 0.25) is 6.17 Å². The Balaban J connectivity index is 3.03. The van der Waals surface area contributed by atoms with Crippen molar-refractivity contribution >= 4 is 11.7 Å². The summed E-state index contributed by atoms with van der Waals surface area (Å²) in [5.41, 5.74) is -0.912. The number of benzene rings is 1. The van der Waals surface area contributed by atoms with Gasteiger partial charge in [0.1, 0.15) is 5.60 Å².